The van der Waals surface area contributed by atoms with E-state index in [0.29, 0.717) is 18.8 Å². The minimum Gasteiger partial charge on any atom is -0.366 e. The zero-order valence-electron chi connectivity index (χ0n) is 12.1. The zero-order chi connectivity index (χ0) is 15.7. The summed E-state index contributed by atoms with van der Waals surface area (Å²) in [5.74, 6) is 0.737. The number of hydrogen-bond donors (Lipinski definition) is 0. The van der Waals surface area contributed by atoms with Crippen LogP contribution in [0.5, 0.6) is 0 Å². The number of hydrogen-bond acceptors (Lipinski definition) is 5. The van der Waals surface area contributed by atoms with Gasteiger partial charge in [0.2, 0.25) is 0 Å². The lowest BCUT2D eigenvalue weighted by Gasteiger charge is -2.32. The Balaban J connectivity index is 1.78. The van der Waals surface area contributed by atoms with Crippen molar-refractivity contribution in [3.63, 3.8) is 0 Å². The molecule has 22 heavy (non-hydrogen) atoms. The molecule has 1 aromatic carbocycles. The number of halogens is 1. The number of nitrogens with zero attached hydrogens (tertiary/aromatic N) is 5. The molecule has 1 aliphatic heterocycles. The van der Waals surface area contributed by atoms with Crippen molar-refractivity contribution in [2.75, 3.05) is 18.0 Å². The van der Waals surface area contributed by atoms with Gasteiger partial charge in [-0.05, 0) is 18.9 Å². The summed E-state index contributed by atoms with van der Waals surface area (Å²) in [7, 11) is 1.90. The van der Waals surface area contributed by atoms with Gasteiger partial charge in [-0.15, -0.1) is 10.2 Å². The van der Waals surface area contributed by atoms with E-state index in [1.54, 1.807) is 6.33 Å². The molecular weight excluding hydrogens is 289 g/mol. The molecule has 8 heteroatoms. The largest absolute Gasteiger partial charge is 0.366 e. The van der Waals surface area contributed by atoms with Crippen LogP contribution in [0.15, 0.2) is 24.5 Å². The van der Waals surface area contributed by atoms with Crippen molar-refractivity contribution < 1.29 is 9.31 Å². The normalized spacial score (nSPS) is 16.0. The van der Waals surface area contributed by atoms with Crippen LogP contribution in [0.3, 0.4) is 0 Å². The second kappa shape index (κ2) is 5.70. The van der Waals surface area contributed by atoms with Crippen LogP contribution >= 0.6 is 0 Å². The molecule has 0 aliphatic carbocycles. The summed E-state index contributed by atoms with van der Waals surface area (Å²) in [5.41, 5.74) is 0.292. The molecule has 1 fully saturated rings. The molecule has 0 saturated carbocycles. The molecule has 0 N–H and O–H groups in total. The third kappa shape index (κ3) is 2.63. The minimum atomic E-state index is -0.469. The predicted octanol–water partition coefficient (Wildman–Crippen LogP) is 2.25. The molecule has 2 heterocycles. The van der Waals surface area contributed by atoms with Crippen LogP contribution in [0.4, 0.5) is 15.8 Å². The monoisotopic (exact) mass is 305 g/mol. The van der Waals surface area contributed by atoms with E-state index in [0.717, 1.165) is 24.7 Å². The van der Waals surface area contributed by atoms with Crippen LogP contribution in [0.1, 0.15) is 24.6 Å². The molecule has 0 radical (unpaired) electrons. The molecule has 1 saturated heterocycles. The zero-order valence-corrected chi connectivity index (χ0v) is 12.1. The summed E-state index contributed by atoms with van der Waals surface area (Å²) in [4.78, 5) is 12.5. The lowest BCUT2D eigenvalue weighted by molar-refractivity contribution is -0.384. The summed E-state index contributed by atoms with van der Waals surface area (Å²) in [5, 5.41) is 19.1. The first kappa shape index (κ1) is 14.4. The van der Waals surface area contributed by atoms with Gasteiger partial charge in [-0.3, -0.25) is 10.1 Å². The van der Waals surface area contributed by atoms with E-state index in [4.69, 9.17) is 0 Å². The molecule has 116 valence electrons. The Morgan fingerprint density at radius 3 is 2.68 bits per heavy atom. The van der Waals surface area contributed by atoms with Gasteiger partial charge < -0.3 is 9.47 Å². The average molecular weight is 305 g/mol. The average Bonchev–Trinajstić information content (AvgIpc) is 2.93. The highest BCUT2D eigenvalue weighted by Crippen LogP contribution is 2.34. The molecule has 1 aromatic heterocycles. The van der Waals surface area contributed by atoms with Gasteiger partial charge in [-0.25, -0.2) is 4.39 Å². The Kier molecular flexibility index (Phi) is 3.74. The lowest BCUT2D eigenvalue weighted by atomic mass is 9.95. The maximum Gasteiger partial charge on any atom is 0.292 e. The van der Waals surface area contributed by atoms with Crippen molar-refractivity contribution in [3.8, 4) is 0 Å². The lowest BCUT2D eigenvalue weighted by Crippen LogP contribution is -2.34. The van der Waals surface area contributed by atoms with Crippen molar-refractivity contribution >= 4 is 11.4 Å². The summed E-state index contributed by atoms with van der Waals surface area (Å²) in [6.07, 6.45) is 3.28. The highest BCUT2D eigenvalue weighted by molar-refractivity contribution is 5.63. The van der Waals surface area contributed by atoms with Crippen molar-refractivity contribution in [3.05, 3.63) is 46.3 Å². The number of nitro benzene ring substituents is 1. The van der Waals surface area contributed by atoms with Crippen LogP contribution < -0.4 is 4.90 Å². The van der Waals surface area contributed by atoms with Crippen LogP contribution in [0.2, 0.25) is 0 Å². The Morgan fingerprint density at radius 2 is 2.09 bits per heavy atom. The summed E-state index contributed by atoms with van der Waals surface area (Å²) in [6, 6.07) is 3.58. The van der Waals surface area contributed by atoms with Crippen LogP contribution in [0, 0.1) is 15.9 Å². The highest BCUT2D eigenvalue weighted by atomic mass is 19.1. The molecule has 0 bridgehead atoms. The molecule has 3 rings (SSSR count). The maximum absolute atomic E-state index is 13.4. The molecule has 0 atom stereocenters. The van der Waals surface area contributed by atoms with E-state index in [1.165, 1.54) is 12.1 Å². The number of rotatable bonds is 3. The first-order valence-electron chi connectivity index (χ1n) is 7.09. The summed E-state index contributed by atoms with van der Waals surface area (Å²) >= 11 is 0. The van der Waals surface area contributed by atoms with E-state index in [-0.39, 0.29) is 11.6 Å². The number of anilines is 1. The Hall–Kier alpha value is -2.51. The van der Waals surface area contributed by atoms with E-state index in [9.17, 15) is 14.5 Å². The van der Waals surface area contributed by atoms with Crippen molar-refractivity contribution in [2.45, 2.75) is 18.8 Å². The SMILES string of the molecule is Cn1cnnc1C1CCN(c2cc(F)ccc2[N+](=O)[O-])CC1. The van der Waals surface area contributed by atoms with Gasteiger partial charge >= 0.3 is 0 Å². The molecular formula is C14H16FN5O2. The molecule has 0 amide bonds. The Morgan fingerprint density at radius 1 is 1.36 bits per heavy atom. The molecule has 0 unspecified atom stereocenters. The van der Waals surface area contributed by atoms with Crippen LogP contribution in [0.25, 0.3) is 0 Å². The number of nitro groups is 1. The number of aromatic nitrogens is 3. The fraction of sp³-hybridized carbons (Fsp3) is 0.429. The number of aryl methyl sites for hydroxylation is 1. The van der Waals surface area contributed by atoms with E-state index in [2.05, 4.69) is 10.2 Å². The predicted molar refractivity (Wildman–Crippen MR) is 78.2 cm³/mol. The molecule has 0 spiro atoms. The number of benzene rings is 1. The standard InChI is InChI=1S/C14H16FN5O2/c1-18-9-16-17-14(18)10-4-6-19(7-5-10)13-8-11(15)2-3-12(13)20(21)22/h2-3,8-10H,4-7H2,1H3. The smallest absolute Gasteiger partial charge is 0.292 e. The molecule has 2 aromatic rings. The maximum atomic E-state index is 13.4. The fourth-order valence-electron chi connectivity index (χ4n) is 2.94. The fourth-order valence-corrected chi connectivity index (χ4v) is 2.94. The third-order valence-electron chi connectivity index (χ3n) is 4.08. The number of piperidine rings is 1. The van der Waals surface area contributed by atoms with Crippen molar-refractivity contribution in [2.24, 2.45) is 7.05 Å². The molecule has 7 nitrogen and oxygen atoms in total. The minimum absolute atomic E-state index is 0.0569. The summed E-state index contributed by atoms with van der Waals surface area (Å²) in [6.45, 7) is 1.25. The molecule has 1 aliphatic rings. The van der Waals surface area contributed by atoms with Gasteiger partial charge in [0.05, 0.1) is 4.92 Å². The Labute approximate surface area is 126 Å². The summed E-state index contributed by atoms with van der Waals surface area (Å²) < 4.78 is 15.3. The third-order valence-corrected chi connectivity index (χ3v) is 4.08. The van der Waals surface area contributed by atoms with Crippen molar-refractivity contribution in [1.82, 2.24) is 14.8 Å². The van der Waals surface area contributed by atoms with E-state index in [1.807, 2.05) is 16.5 Å². The van der Waals surface area contributed by atoms with Gasteiger partial charge in [0.15, 0.2) is 0 Å². The van der Waals surface area contributed by atoms with Gasteiger partial charge in [0.25, 0.3) is 5.69 Å². The van der Waals surface area contributed by atoms with E-state index >= 15 is 0 Å². The van der Waals surface area contributed by atoms with Gasteiger partial charge in [0.1, 0.15) is 23.7 Å². The van der Waals surface area contributed by atoms with Crippen LogP contribution in [-0.2, 0) is 7.05 Å². The van der Waals surface area contributed by atoms with Crippen molar-refractivity contribution in [1.29, 1.82) is 0 Å². The first-order chi connectivity index (χ1) is 10.6. The quantitative estimate of drug-likeness (QED) is 0.642. The second-order valence-electron chi connectivity index (χ2n) is 5.45. The first-order valence-corrected chi connectivity index (χ1v) is 7.09. The van der Waals surface area contributed by atoms with Gasteiger partial charge in [-0.1, -0.05) is 0 Å². The second-order valence-corrected chi connectivity index (χ2v) is 5.45. The van der Waals surface area contributed by atoms with Gasteiger partial charge in [0, 0.05) is 38.2 Å². The topological polar surface area (TPSA) is 77.1 Å². The Bertz CT molecular complexity index is 694. The highest BCUT2D eigenvalue weighted by Gasteiger charge is 2.27. The van der Waals surface area contributed by atoms with E-state index < -0.39 is 10.7 Å². The van der Waals surface area contributed by atoms with Crippen LogP contribution in [-0.4, -0.2) is 32.8 Å². The van der Waals surface area contributed by atoms with Gasteiger partial charge in [-0.2, -0.15) is 0 Å².